The summed E-state index contributed by atoms with van der Waals surface area (Å²) in [6, 6.07) is -0.988. The molecule has 0 saturated carbocycles. The van der Waals surface area contributed by atoms with E-state index in [0.717, 1.165) is 13.0 Å². The Bertz CT molecular complexity index is 378. The monoisotopic (exact) mass is 288 g/mol. The van der Waals surface area contributed by atoms with Gasteiger partial charge in [0.1, 0.15) is 11.6 Å². The van der Waals surface area contributed by atoms with Gasteiger partial charge in [-0.2, -0.15) is 0 Å². The van der Waals surface area contributed by atoms with E-state index < -0.39 is 23.7 Å². The number of carbonyl (C=O) groups excluding carboxylic acids is 1. The highest BCUT2D eigenvalue weighted by molar-refractivity contribution is 7.80. The third-order valence-corrected chi connectivity index (χ3v) is 3.15. The predicted molar refractivity (Wildman–Crippen MR) is 74.1 cm³/mol. The predicted octanol–water partition coefficient (Wildman–Crippen LogP) is 1.29. The summed E-state index contributed by atoms with van der Waals surface area (Å²) in [7, 11) is 0. The van der Waals surface area contributed by atoms with Crippen LogP contribution in [0.15, 0.2) is 0 Å². The van der Waals surface area contributed by atoms with Gasteiger partial charge in [-0.05, 0) is 33.6 Å². The molecule has 0 aromatic carbocycles. The molecule has 0 bridgehead atoms. The maximum absolute atomic E-state index is 11.6. The summed E-state index contributed by atoms with van der Waals surface area (Å²) >= 11 is 5.10. The summed E-state index contributed by atoms with van der Waals surface area (Å²) in [6.45, 7) is 5.91. The van der Waals surface area contributed by atoms with E-state index in [9.17, 15) is 9.59 Å². The number of aliphatic carboxylic acids is 1. The summed E-state index contributed by atoms with van der Waals surface area (Å²) < 4.78 is 5.05. The minimum absolute atomic E-state index is 0.00830. The Hall–Kier alpha value is -1.37. The zero-order valence-electron chi connectivity index (χ0n) is 11.4. The van der Waals surface area contributed by atoms with Crippen LogP contribution in [0.1, 0.15) is 33.6 Å². The highest BCUT2D eigenvalue weighted by atomic mass is 32.1. The van der Waals surface area contributed by atoms with Crippen LogP contribution in [0.3, 0.4) is 0 Å². The first-order valence-electron chi connectivity index (χ1n) is 6.19. The summed E-state index contributed by atoms with van der Waals surface area (Å²) in [5.41, 5.74) is -0.655. The molecule has 7 heteroatoms. The molecule has 1 saturated heterocycles. The molecule has 1 heterocycles. The van der Waals surface area contributed by atoms with E-state index in [1.54, 1.807) is 20.8 Å². The lowest BCUT2D eigenvalue weighted by Gasteiger charge is -2.23. The highest BCUT2D eigenvalue weighted by Gasteiger charge is 2.30. The Morgan fingerprint density at radius 2 is 2.21 bits per heavy atom. The van der Waals surface area contributed by atoms with Crippen molar-refractivity contribution in [1.29, 1.82) is 0 Å². The molecule has 1 aliphatic rings. The van der Waals surface area contributed by atoms with Gasteiger partial charge in [-0.3, -0.25) is 0 Å². The van der Waals surface area contributed by atoms with Crippen LogP contribution in [0.5, 0.6) is 0 Å². The number of nitrogens with one attached hydrogen (secondary N) is 2. The minimum Gasteiger partial charge on any atom is -0.480 e. The Balaban J connectivity index is 2.56. The molecule has 1 unspecified atom stereocenters. The van der Waals surface area contributed by atoms with Gasteiger partial charge in [-0.15, -0.1) is 0 Å². The van der Waals surface area contributed by atoms with Crippen molar-refractivity contribution in [2.24, 2.45) is 5.92 Å². The summed E-state index contributed by atoms with van der Waals surface area (Å²) in [5, 5.41) is 14.5. The maximum atomic E-state index is 11.6. The van der Waals surface area contributed by atoms with Gasteiger partial charge in [0.05, 0.1) is 4.99 Å². The number of hydrogen-bond donors (Lipinski definition) is 3. The average molecular weight is 288 g/mol. The second-order valence-electron chi connectivity index (χ2n) is 5.55. The molecule has 0 aliphatic carbocycles. The van der Waals surface area contributed by atoms with Crippen molar-refractivity contribution in [1.82, 2.24) is 10.6 Å². The van der Waals surface area contributed by atoms with E-state index in [0.29, 0.717) is 4.99 Å². The lowest BCUT2D eigenvalue weighted by molar-refractivity contribution is -0.139. The molecular weight excluding hydrogens is 268 g/mol. The van der Waals surface area contributed by atoms with Gasteiger partial charge >= 0.3 is 12.1 Å². The van der Waals surface area contributed by atoms with Crippen molar-refractivity contribution >= 4 is 29.3 Å². The van der Waals surface area contributed by atoms with E-state index >= 15 is 0 Å². The lowest BCUT2D eigenvalue weighted by Crippen LogP contribution is -2.44. The largest absolute Gasteiger partial charge is 0.480 e. The number of carboxylic acids is 1. The first kappa shape index (κ1) is 15.7. The van der Waals surface area contributed by atoms with Crippen LogP contribution >= 0.6 is 12.2 Å². The zero-order chi connectivity index (χ0) is 14.6. The van der Waals surface area contributed by atoms with Crippen LogP contribution in [0.4, 0.5) is 4.79 Å². The van der Waals surface area contributed by atoms with Crippen LogP contribution in [0.25, 0.3) is 0 Å². The number of ether oxygens (including phenoxy) is 1. The van der Waals surface area contributed by atoms with Gasteiger partial charge in [-0.1, -0.05) is 12.2 Å². The number of carboxylic acid groups (broad SMARTS) is 1. The molecule has 0 aromatic heterocycles. The Morgan fingerprint density at radius 3 is 2.63 bits per heavy atom. The standard InChI is InChI=1S/C12H20N2O4S/c1-12(2,3)18-11(17)14-8(10(15)16)6-7-4-5-13-9(7)19/h7-8H,4-6H2,1-3H3,(H,13,19)(H,14,17)(H,15,16)/t7-,8?/m0/s1. The molecule has 2 atom stereocenters. The molecular formula is C12H20N2O4S. The van der Waals surface area contributed by atoms with E-state index in [4.69, 9.17) is 22.1 Å². The molecule has 0 radical (unpaired) electrons. The molecule has 1 fully saturated rings. The number of alkyl carbamates (subject to hydrolysis) is 1. The summed E-state index contributed by atoms with van der Waals surface area (Å²) in [6.07, 6.45) is 0.343. The number of thiocarbonyl (C=S) groups is 1. The maximum Gasteiger partial charge on any atom is 0.408 e. The Kier molecular flexibility index (Phi) is 5.11. The van der Waals surface area contributed by atoms with Crippen molar-refractivity contribution in [2.75, 3.05) is 6.54 Å². The van der Waals surface area contributed by atoms with Crippen molar-refractivity contribution in [3.8, 4) is 0 Å². The molecule has 1 aliphatic heterocycles. The molecule has 19 heavy (non-hydrogen) atoms. The Labute approximate surface area is 117 Å². The molecule has 1 amide bonds. The second kappa shape index (κ2) is 6.18. The zero-order valence-corrected chi connectivity index (χ0v) is 12.2. The first-order valence-corrected chi connectivity index (χ1v) is 6.60. The number of amides is 1. The van der Waals surface area contributed by atoms with Crippen molar-refractivity contribution < 1.29 is 19.4 Å². The molecule has 1 rings (SSSR count). The normalized spacial score (nSPS) is 20.6. The molecule has 0 spiro atoms. The van der Waals surface area contributed by atoms with Crippen LogP contribution in [-0.2, 0) is 9.53 Å². The fourth-order valence-electron chi connectivity index (χ4n) is 1.83. The molecule has 3 N–H and O–H groups in total. The van der Waals surface area contributed by atoms with Gasteiger partial charge in [0.15, 0.2) is 0 Å². The van der Waals surface area contributed by atoms with E-state index in [-0.39, 0.29) is 12.3 Å². The van der Waals surface area contributed by atoms with Crippen LogP contribution < -0.4 is 10.6 Å². The number of carbonyl (C=O) groups is 2. The topological polar surface area (TPSA) is 87.7 Å². The smallest absolute Gasteiger partial charge is 0.408 e. The van der Waals surface area contributed by atoms with Crippen LogP contribution in [-0.4, -0.2) is 40.3 Å². The summed E-state index contributed by atoms with van der Waals surface area (Å²) in [4.78, 5) is 23.4. The van der Waals surface area contributed by atoms with Crippen molar-refractivity contribution in [2.45, 2.75) is 45.3 Å². The van der Waals surface area contributed by atoms with Crippen LogP contribution in [0.2, 0.25) is 0 Å². The molecule has 0 aromatic rings. The minimum atomic E-state index is -1.08. The first-order chi connectivity index (χ1) is 8.69. The average Bonchev–Trinajstić information content (AvgIpc) is 2.60. The number of rotatable bonds is 4. The van der Waals surface area contributed by atoms with E-state index in [1.807, 2.05) is 0 Å². The lowest BCUT2D eigenvalue weighted by atomic mass is 9.99. The second-order valence-corrected chi connectivity index (χ2v) is 5.99. The highest BCUT2D eigenvalue weighted by Crippen LogP contribution is 2.18. The fourth-order valence-corrected chi connectivity index (χ4v) is 2.14. The van der Waals surface area contributed by atoms with Crippen molar-refractivity contribution in [3.05, 3.63) is 0 Å². The van der Waals surface area contributed by atoms with Gasteiger partial charge < -0.3 is 20.5 Å². The van der Waals surface area contributed by atoms with E-state index in [1.165, 1.54) is 0 Å². The van der Waals surface area contributed by atoms with Gasteiger partial charge in [0, 0.05) is 12.5 Å². The number of hydrogen-bond acceptors (Lipinski definition) is 4. The quantitative estimate of drug-likeness (QED) is 0.676. The van der Waals surface area contributed by atoms with Gasteiger partial charge in [0.2, 0.25) is 0 Å². The van der Waals surface area contributed by atoms with Gasteiger partial charge in [0.25, 0.3) is 0 Å². The molecule has 108 valence electrons. The van der Waals surface area contributed by atoms with Crippen molar-refractivity contribution in [3.63, 3.8) is 0 Å². The SMILES string of the molecule is CC(C)(C)OC(=O)NC(C[C@@H]1CCNC1=S)C(=O)O. The third kappa shape index (κ3) is 5.42. The summed E-state index contributed by atoms with van der Waals surface area (Å²) in [5.74, 6) is -1.09. The van der Waals surface area contributed by atoms with E-state index in [2.05, 4.69) is 10.6 Å². The van der Waals surface area contributed by atoms with Gasteiger partial charge in [-0.25, -0.2) is 9.59 Å². The van der Waals surface area contributed by atoms with Crippen LogP contribution in [0, 0.1) is 5.92 Å². The fraction of sp³-hybridized carbons (Fsp3) is 0.750. The Morgan fingerprint density at radius 1 is 1.58 bits per heavy atom. The third-order valence-electron chi connectivity index (χ3n) is 2.67. The molecule has 6 nitrogen and oxygen atoms in total.